The lowest BCUT2D eigenvalue weighted by Gasteiger charge is -2.25. The molecule has 0 radical (unpaired) electrons. The van der Waals surface area contributed by atoms with E-state index in [0.717, 1.165) is 11.0 Å². The minimum Gasteiger partial charge on any atom is -0.481 e. The Bertz CT molecular complexity index is 1740. The van der Waals surface area contributed by atoms with E-state index in [4.69, 9.17) is 23.8 Å². The number of anilines is 1. The summed E-state index contributed by atoms with van der Waals surface area (Å²) in [5, 5.41) is 11.7. The van der Waals surface area contributed by atoms with Gasteiger partial charge in [-0.2, -0.15) is 4.98 Å². The van der Waals surface area contributed by atoms with Crippen LogP contribution in [0.2, 0.25) is 0 Å². The molecule has 0 bridgehead atoms. The Balaban J connectivity index is 1.69. The van der Waals surface area contributed by atoms with E-state index in [0.29, 0.717) is 6.54 Å². The first-order valence-corrected chi connectivity index (χ1v) is 17.8. The monoisotopic (exact) mass is 709 g/mol. The molecular weight excluding hydrogens is 676 g/mol. The second kappa shape index (κ2) is 16.3. The van der Waals surface area contributed by atoms with Crippen LogP contribution in [0.1, 0.15) is 46.7 Å². The molecule has 1 aliphatic heterocycles. The van der Waals surface area contributed by atoms with E-state index in [1.807, 2.05) is 6.92 Å². The third kappa shape index (κ3) is 10.1. The SMILES string of the molecule is CCCNc1ccn([C@@H]2O[C@H](COP(=O)(O)OP(=O)(O)CCC(=O)O)C(OC(=O)c3ccccc3)C2OC(=O)c2ccccc2)c(=O)n1. The van der Waals surface area contributed by atoms with E-state index < -0.39 is 82.7 Å². The van der Waals surface area contributed by atoms with Crippen LogP contribution in [0.3, 0.4) is 0 Å². The predicted molar refractivity (Wildman–Crippen MR) is 166 cm³/mol. The lowest BCUT2D eigenvalue weighted by molar-refractivity contribution is -0.136. The summed E-state index contributed by atoms with van der Waals surface area (Å²) in [5.74, 6) is -3.02. The Morgan fingerprint density at radius 2 is 1.52 bits per heavy atom. The summed E-state index contributed by atoms with van der Waals surface area (Å²) in [4.78, 5) is 74.5. The highest BCUT2D eigenvalue weighted by molar-refractivity contribution is 7.64. The van der Waals surface area contributed by atoms with Crippen molar-refractivity contribution in [3.8, 4) is 0 Å². The summed E-state index contributed by atoms with van der Waals surface area (Å²) < 4.78 is 52.6. The zero-order valence-corrected chi connectivity index (χ0v) is 27.2. The number of benzene rings is 2. The van der Waals surface area contributed by atoms with E-state index in [-0.39, 0.29) is 16.9 Å². The highest BCUT2D eigenvalue weighted by atomic mass is 31.3. The number of ether oxygens (including phenoxy) is 3. The highest BCUT2D eigenvalue weighted by Crippen LogP contribution is 2.60. The van der Waals surface area contributed by atoms with Crippen molar-refractivity contribution >= 4 is 39.1 Å². The van der Waals surface area contributed by atoms with Crippen molar-refractivity contribution in [3.63, 3.8) is 0 Å². The molecule has 6 atom stereocenters. The summed E-state index contributed by atoms with van der Waals surface area (Å²) in [5.41, 5.74) is -0.677. The molecule has 3 aromatic rings. The number of rotatable bonds is 16. The number of phosphoric acid groups is 1. The van der Waals surface area contributed by atoms with Gasteiger partial charge in [-0.05, 0) is 36.8 Å². The van der Waals surface area contributed by atoms with Crippen LogP contribution in [-0.4, -0.2) is 80.0 Å². The number of nitrogens with zero attached hydrogens (tertiary/aromatic N) is 2. The average molecular weight is 710 g/mol. The van der Waals surface area contributed by atoms with Crippen LogP contribution in [0.5, 0.6) is 0 Å². The maximum atomic E-state index is 13.3. The Morgan fingerprint density at radius 1 is 0.938 bits per heavy atom. The van der Waals surface area contributed by atoms with Gasteiger partial charge < -0.3 is 34.4 Å². The molecule has 4 unspecified atom stereocenters. The fraction of sp³-hybridized carbons (Fsp3) is 0.345. The Morgan fingerprint density at radius 3 is 2.06 bits per heavy atom. The van der Waals surface area contributed by atoms with E-state index in [1.54, 1.807) is 36.4 Å². The van der Waals surface area contributed by atoms with Crippen LogP contribution in [-0.2, 0) is 37.0 Å². The van der Waals surface area contributed by atoms with Crippen molar-refractivity contribution in [3.05, 3.63) is 94.5 Å². The van der Waals surface area contributed by atoms with E-state index in [2.05, 4.69) is 14.6 Å². The minimum atomic E-state index is -5.38. The number of carboxylic acid groups (broad SMARTS) is 1. The second-order valence-electron chi connectivity index (χ2n) is 10.3. The summed E-state index contributed by atoms with van der Waals surface area (Å²) in [6, 6.07) is 16.8. The lowest BCUT2D eigenvalue weighted by Crippen LogP contribution is -2.42. The molecule has 17 nitrogen and oxygen atoms in total. The molecule has 1 saturated heterocycles. The Labute approximate surface area is 273 Å². The predicted octanol–water partition coefficient (Wildman–Crippen LogP) is 3.21. The summed E-state index contributed by atoms with van der Waals surface area (Å²) >= 11 is 0. The van der Waals surface area contributed by atoms with Gasteiger partial charge in [-0.25, -0.2) is 23.3 Å². The third-order valence-corrected chi connectivity index (χ3v) is 9.80. The topological polar surface area (TPSA) is 239 Å². The van der Waals surface area contributed by atoms with Gasteiger partial charge in [0, 0.05) is 12.7 Å². The zero-order valence-electron chi connectivity index (χ0n) is 25.4. The zero-order chi connectivity index (χ0) is 34.9. The van der Waals surface area contributed by atoms with Gasteiger partial charge in [0.2, 0.25) is 0 Å². The molecule has 1 fully saturated rings. The van der Waals surface area contributed by atoms with Gasteiger partial charge in [-0.15, -0.1) is 0 Å². The van der Waals surface area contributed by atoms with Gasteiger partial charge in [0.1, 0.15) is 11.9 Å². The number of aromatic nitrogens is 2. The fourth-order valence-corrected chi connectivity index (χ4v) is 7.07. The maximum Gasteiger partial charge on any atom is 0.479 e. The van der Waals surface area contributed by atoms with Crippen LogP contribution in [0.4, 0.5) is 5.82 Å². The van der Waals surface area contributed by atoms with Crippen LogP contribution in [0.25, 0.3) is 0 Å². The van der Waals surface area contributed by atoms with Crippen molar-refractivity contribution in [1.82, 2.24) is 9.55 Å². The minimum absolute atomic E-state index is 0.0785. The number of carboxylic acids is 1. The van der Waals surface area contributed by atoms with E-state index >= 15 is 0 Å². The van der Waals surface area contributed by atoms with Gasteiger partial charge in [0.15, 0.2) is 18.4 Å². The molecule has 2 heterocycles. The summed E-state index contributed by atoms with van der Waals surface area (Å²) in [6.07, 6.45) is -6.06. The van der Waals surface area contributed by atoms with E-state index in [9.17, 15) is 38.1 Å². The molecule has 4 rings (SSSR count). The number of nitrogens with one attached hydrogen (secondary N) is 1. The quantitative estimate of drug-likeness (QED) is 0.123. The number of aliphatic carboxylic acids is 1. The summed E-state index contributed by atoms with van der Waals surface area (Å²) in [7, 11) is -10.3. The normalized spacial score (nSPS) is 21.4. The van der Waals surface area contributed by atoms with Gasteiger partial charge >= 0.3 is 39.0 Å². The molecule has 0 amide bonds. The van der Waals surface area contributed by atoms with Crippen molar-refractivity contribution in [2.75, 3.05) is 24.6 Å². The van der Waals surface area contributed by atoms with Crippen LogP contribution < -0.4 is 11.0 Å². The van der Waals surface area contributed by atoms with Crippen molar-refractivity contribution < 1.29 is 61.5 Å². The summed E-state index contributed by atoms with van der Waals surface area (Å²) in [6.45, 7) is 1.47. The van der Waals surface area contributed by atoms with Crippen molar-refractivity contribution in [2.24, 2.45) is 0 Å². The molecule has 258 valence electrons. The van der Waals surface area contributed by atoms with Crippen molar-refractivity contribution in [1.29, 1.82) is 0 Å². The number of hydrogen-bond donors (Lipinski definition) is 4. The lowest BCUT2D eigenvalue weighted by atomic mass is 10.1. The first-order chi connectivity index (χ1) is 22.8. The average Bonchev–Trinajstić information content (AvgIpc) is 3.38. The number of esters is 2. The standard InChI is InChI=1S/C29H33N3O14P2/c1-2-15-30-22-13-16-32(29(37)31-22)26-25(45-28(36)20-11-7-4-8-12-20)24(44-27(35)19-9-5-3-6-10-19)21(43-26)18-42-48(40,41)46-47(38,39)17-14-23(33)34/h3-13,16,21,24-26H,2,14-15,17-18H2,1H3,(H,33,34)(H,38,39)(H,40,41)(H,30,31,37)/t21-,24?,25?,26-/m1/s1. The van der Waals surface area contributed by atoms with Gasteiger partial charge in [-0.3, -0.25) is 18.5 Å². The molecule has 1 aliphatic rings. The number of phosphoric ester groups is 1. The molecular formula is C29H33N3O14P2. The molecule has 19 heteroatoms. The van der Waals surface area contributed by atoms with Gasteiger partial charge in [0.25, 0.3) is 0 Å². The third-order valence-electron chi connectivity index (χ3n) is 6.69. The number of hydrogen-bond acceptors (Lipinski definition) is 13. The molecule has 0 aliphatic carbocycles. The van der Waals surface area contributed by atoms with Crippen LogP contribution in [0, 0.1) is 0 Å². The van der Waals surface area contributed by atoms with Crippen molar-refractivity contribution in [2.45, 2.75) is 44.3 Å². The Hall–Kier alpha value is -4.21. The van der Waals surface area contributed by atoms with Crippen LogP contribution in [0.15, 0.2) is 77.7 Å². The van der Waals surface area contributed by atoms with E-state index in [1.165, 1.54) is 36.5 Å². The highest BCUT2D eigenvalue weighted by Gasteiger charge is 2.52. The van der Waals surface area contributed by atoms with Gasteiger partial charge in [0.05, 0.1) is 30.3 Å². The fourth-order valence-electron chi connectivity index (χ4n) is 4.45. The largest absolute Gasteiger partial charge is 0.481 e. The first kappa shape index (κ1) is 36.6. The maximum absolute atomic E-state index is 13.3. The molecule has 2 aromatic carbocycles. The van der Waals surface area contributed by atoms with Gasteiger partial charge in [-0.1, -0.05) is 43.3 Å². The molecule has 4 N–H and O–H groups in total. The van der Waals surface area contributed by atoms with Crippen LogP contribution >= 0.6 is 15.4 Å². The first-order valence-electron chi connectivity index (χ1n) is 14.5. The second-order valence-corrected chi connectivity index (χ2v) is 13.9. The molecule has 1 aromatic heterocycles. The number of carbonyl (C=O) groups is 3. The molecule has 0 spiro atoms. The Kier molecular flexibility index (Phi) is 12.4. The molecule has 48 heavy (non-hydrogen) atoms. The molecule has 0 saturated carbocycles. The smallest absolute Gasteiger partial charge is 0.479 e. The number of carbonyl (C=O) groups excluding carboxylic acids is 2.